The van der Waals surface area contributed by atoms with Gasteiger partial charge < -0.3 is 19.1 Å². The molecule has 8 heteroatoms. The molecule has 1 fully saturated rings. The Balaban J connectivity index is 2.38. The Morgan fingerprint density at radius 3 is 2.11 bits per heavy atom. The molecule has 2 rings (SSSR count). The van der Waals surface area contributed by atoms with Crippen molar-refractivity contribution in [2.24, 2.45) is 0 Å². The van der Waals surface area contributed by atoms with Gasteiger partial charge >= 0.3 is 17.9 Å². The topological polar surface area (TPSA) is 82.1 Å². The van der Waals surface area contributed by atoms with Crippen molar-refractivity contribution in [2.75, 3.05) is 31.2 Å². The van der Waals surface area contributed by atoms with Gasteiger partial charge in [-0.05, 0) is 26.0 Å². The summed E-state index contributed by atoms with van der Waals surface area (Å²) in [6.07, 6.45) is 0.928. The molecule has 1 aliphatic rings. The summed E-state index contributed by atoms with van der Waals surface area (Å²) in [5.41, 5.74) is -0.157. The van der Waals surface area contributed by atoms with Crippen molar-refractivity contribution in [3.8, 4) is 0 Å². The molecule has 0 unspecified atom stereocenters. The molecule has 0 amide bonds. The Morgan fingerprint density at radius 1 is 1.04 bits per heavy atom. The van der Waals surface area contributed by atoms with Gasteiger partial charge in [-0.1, -0.05) is 0 Å². The smallest absolute Gasteiger partial charge is 0.342 e. The van der Waals surface area contributed by atoms with Crippen LogP contribution in [0.25, 0.3) is 0 Å². The highest BCUT2D eigenvalue weighted by atomic mass is 19.1. The lowest BCUT2D eigenvalue weighted by atomic mass is 10.0. The lowest BCUT2D eigenvalue weighted by Crippen LogP contribution is -2.38. The van der Waals surface area contributed by atoms with Crippen molar-refractivity contribution < 1.29 is 33.0 Å². The van der Waals surface area contributed by atoms with E-state index in [0.717, 1.165) is 6.07 Å². The zero-order valence-electron chi connectivity index (χ0n) is 15.7. The quantitative estimate of drug-likeness (QED) is 0.553. The molecule has 1 aromatic carbocycles. The number of hydrogen-bond donors (Lipinski definition) is 0. The highest BCUT2D eigenvalue weighted by Gasteiger charge is 2.31. The van der Waals surface area contributed by atoms with Gasteiger partial charge in [-0.3, -0.25) is 4.79 Å². The van der Waals surface area contributed by atoms with Gasteiger partial charge in [0, 0.05) is 32.9 Å². The molecule has 0 N–H and O–H groups in total. The van der Waals surface area contributed by atoms with Crippen LogP contribution in [0.2, 0.25) is 0 Å². The first-order chi connectivity index (χ1) is 12.9. The third-order valence-corrected chi connectivity index (χ3v) is 4.21. The number of anilines is 1. The molecule has 7 nitrogen and oxygen atoms in total. The fourth-order valence-electron chi connectivity index (χ4n) is 3.09. The van der Waals surface area contributed by atoms with Crippen molar-refractivity contribution in [1.82, 2.24) is 0 Å². The normalized spacial score (nSPS) is 14.6. The maximum Gasteiger partial charge on any atom is 0.342 e. The maximum absolute atomic E-state index is 14.4. The van der Waals surface area contributed by atoms with E-state index in [1.807, 2.05) is 4.90 Å². The van der Waals surface area contributed by atoms with Crippen LogP contribution in [0.5, 0.6) is 0 Å². The zero-order valence-corrected chi connectivity index (χ0v) is 15.7. The van der Waals surface area contributed by atoms with Gasteiger partial charge in [-0.2, -0.15) is 0 Å². The number of ether oxygens (including phenoxy) is 3. The van der Waals surface area contributed by atoms with Crippen molar-refractivity contribution in [1.29, 1.82) is 0 Å². The summed E-state index contributed by atoms with van der Waals surface area (Å²) in [5.74, 6) is -2.87. The van der Waals surface area contributed by atoms with Crippen LogP contribution in [-0.2, 0) is 19.0 Å². The van der Waals surface area contributed by atoms with E-state index in [2.05, 4.69) is 0 Å². The van der Waals surface area contributed by atoms with Gasteiger partial charge in [-0.25, -0.2) is 14.0 Å². The first-order valence-electron chi connectivity index (χ1n) is 8.97. The first kappa shape index (κ1) is 20.7. The van der Waals surface area contributed by atoms with Gasteiger partial charge in [0.1, 0.15) is 23.0 Å². The van der Waals surface area contributed by atoms with Crippen LogP contribution in [0.1, 0.15) is 54.3 Å². The monoisotopic (exact) mass is 381 g/mol. The van der Waals surface area contributed by atoms with Crippen LogP contribution < -0.4 is 4.90 Å². The lowest BCUT2D eigenvalue weighted by Gasteiger charge is -2.34. The minimum atomic E-state index is -0.908. The van der Waals surface area contributed by atoms with Crippen molar-refractivity contribution >= 4 is 23.6 Å². The third kappa shape index (κ3) is 4.96. The first-order valence-corrected chi connectivity index (χ1v) is 8.97. The second-order valence-electron chi connectivity index (χ2n) is 6.05. The summed E-state index contributed by atoms with van der Waals surface area (Å²) in [4.78, 5) is 37.7. The van der Waals surface area contributed by atoms with Crippen LogP contribution in [0.3, 0.4) is 0 Å². The number of rotatable bonds is 6. The second-order valence-corrected chi connectivity index (χ2v) is 6.05. The Bertz CT molecular complexity index is 712. The number of hydrogen-bond acceptors (Lipinski definition) is 7. The van der Waals surface area contributed by atoms with Crippen molar-refractivity contribution in [3.05, 3.63) is 29.1 Å². The van der Waals surface area contributed by atoms with Crippen LogP contribution in [-0.4, -0.2) is 50.3 Å². The molecule has 1 heterocycles. The summed E-state index contributed by atoms with van der Waals surface area (Å²) in [7, 11) is 0. The summed E-state index contributed by atoms with van der Waals surface area (Å²) in [6, 6.07) is 2.60. The van der Waals surface area contributed by atoms with Crippen LogP contribution in [0.4, 0.5) is 10.1 Å². The largest absolute Gasteiger partial charge is 0.462 e. The number of carbonyl (C=O) groups is 3. The highest BCUT2D eigenvalue weighted by Crippen LogP contribution is 2.30. The van der Waals surface area contributed by atoms with E-state index >= 15 is 0 Å². The summed E-state index contributed by atoms with van der Waals surface area (Å²) >= 11 is 0. The minimum absolute atomic E-state index is 0.0541. The van der Waals surface area contributed by atoms with Gasteiger partial charge in [0.2, 0.25) is 0 Å². The summed E-state index contributed by atoms with van der Waals surface area (Å²) in [6.45, 7) is 5.70. The van der Waals surface area contributed by atoms with Crippen LogP contribution in [0.15, 0.2) is 12.1 Å². The summed E-state index contributed by atoms with van der Waals surface area (Å²) in [5, 5.41) is 0. The number of esters is 3. The molecule has 0 aliphatic carbocycles. The number of halogens is 1. The van der Waals surface area contributed by atoms with Gasteiger partial charge in [-0.15, -0.1) is 0 Å². The Kier molecular flexibility index (Phi) is 7.15. The number of carbonyl (C=O) groups excluding carboxylic acids is 3. The van der Waals surface area contributed by atoms with E-state index < -0.39 is 23.3 Å². The lowest BCUT2D eigenvalue weighted by molar-refractivity contribution is -0.147. The standard InChI is InChI=1S/C19H24FNO6/c1-4-25-18(23)16-14(20)6-7-15(17(16)19(24)26-5-2)21-10-8-13(9-11-21)27-12(3)22/h6-7,13H,4-5,8-11H2,1-3H3. The Hall–Kier alpha value is -2.64. The highest BCUT2D eigenvalue weighted by molar-refractivity contribution is 6.07. The minimum Gasteiger partial charge on any atom is -0.462 e. The number of nitrogens with zero attached hydrogens (tertiary/aromatic N) is 1. The molecule has 1 saturated heterocycles. The molecule has 0 radical (unpaired) electrons. The molecule has 1 aromatic rings. The fourth-order valence-corrected chi connectivity index (χ4v) is 3.09. The average molecular weight is 381 g/mol. The molecule has 0 bridgehead atoms. The molecule has 0 atom stereocenters. The molecule has 1 aliphatic heterocycles. The van der Waals surface area contributed by atoms with Crippen molar-refractivity contribution in [2.45, 2.75) is 39.7 Å². The Labute approximate surface area is 157 Å². The molecule has 0 saturated carbocycles. The molecular formula is C19H24FNO6. The van der Waals surface area contributed by atoms with Gasteiger partial charge in [0.05, 0.1) is 18.9 Å². The van der Waals surface area contributed by atoms with Gasteiger partial charge in [0.25, 0.3) is 0 Å². The van der Waals surface area contributed by atoms with Crippen molar-refractivity contribution in [3.63, 3.8) is 0 Å². The number of benzene rings is 1. The molecule has 27 heavy (non-hydrogen) atoms. The van der Waals surface area contributed by atoms with Crippen LogP contribution in [0, 0.1) is 5.82 Å². The summed E-state index contributed by atoms with van der Waals surface area (Å²) < 4.78 is 29.6. The van der Waals surface area contributed by atoms with E-state index in [9.17, 15) is 18.8 Å². The Morgan fingerprint density at radius 2 is 1.59 bits per heavy atom. The molecule has 148 valence electrons. The van der Waals surface area contributed by atoms with E-state index in [-0.39, 0.29) is 30.9 Å². The predicted octanol–water partition coefficient (Wildman–Crippen LogP) is 2.71. The zero-order chi connectivity index (χ0) is 20.0. The van der Waals surface area contributed by atoms with E-state index in [1.165, 1.54) is 13.0 Å². The molecular weight excluding hydrogens is 357 g/mol. The average Bonchev–Trinajstić information content (AvgIpc) is 2.62. The molecule has 0 spiro atoms. The van der Waals surface area contributed by atoms with E-state index in [0.29, 0.717) is 31.6 Å². The SMILES string of the molecule is CCOC(=O)c1c(F)ccc(N2CCC(OC(C)=O)CC2)c1C(=O)OCC. The molecule has 0 aromatic heterocycles. The predicted molar refractivity (Wildman–Crippen MR) is 95.3 cm³/mol. The second kappa shape index (κ2) is 9.34. The maximum atomic E-state index is 14.4. The van der Waals surface area contributed by atoms with Crippen LogP contribution >= 0.6 is 0 Å². The third-order valence-electron chi connectivity index (χ3n) is 4.21. The fraction of sp³-hybridized carbons (Fsp3) is 0.526. The van der Waals surface area contributed by atoms with E-state index in [1.54, 1.807) is 13.8 Å². The number of piperidine rings is 1. The van der Waals surface area contributed by atoms with Gasteiger partial charge in [0.15, 0.2) is 0 Å². The van der Waals surface area contributed by atoms with E-state index in [4.69, 9.17) is 14.2 Å².